The second-order valence-corrected chi connectivity index (χ2v) is 9.45. The van der Waals surface area contributed by atoms with Crippen LogP contribution in [0.2, 0.25) is 0 Å². The fourth-order valence-electron chi connectivity index (χ4n) is 4.94. The molecule has 4 heterocycles. The van der Waals surface area contributed by atoms with Crippen LogP contribution in [-0.2, 0) is 11.3 Å². The third kappa shape index (κ3) is 4.10. The summed E-state index contributed by atoms with van der Waals surface area (Å²) >= 11 is 0. The van der Waals surface area contributed by atoms with Gasteiger partial charge < -0.3 is 9.64 Å². The molecule has 1 fully saturated rings. The van der Waals surface area contributed by atoms with Crippen LogP contribution in [-0.4, -0.2) is 54.9 Å². The molecule has 2 aliphatic heterocycles. The Hall–Kier alpha value is -3.49. The van der Waals surface area contributed by atoms with Crippen LogP contribution in [0, 0.1) is 6.92 Å². The van der Waals surface area contributed by atoms with Crippen molar-refractivity contribution >= 4 is 11.9 Å². The lowest BCUT2D eigenvalue weighted by atomic mass is 9.95. The second kappa shape index (κ2) is 9.04. The van der Waals surface area contributed by atoms with Crippen LogP contribution < -0.4 is 4.90 Å². The smallest absolute Gasteiger partial charge is 0.410 e. The quantitative estimate of drug-likeness (QED) is 0.578. The van der Waals surface area contributed by atoms with Crippen molar-refractivity contribution in [3.8, 4) is 5.69 Å². The van der Waals surface area contributed by atoms with E-state index >= 15 is 0 Å². The van der Waals surface area contributed by atoms with E-state index in [1.807, 2.05) is 26.8 Å². The number of rotatable bonds is 3. The molecule has 178 valence electrons. The minimum absolute atomic E-state index is 0.187. The van der Waals surface area contributed by atoms with Gasteiger partial charge in [0.15, 0.2) is 5.82 Å². The van der Waals surface area contributed by atoms with E-state index < -0.39 is 0 Å². The lowest BCUT2D eigenvalue weighted by Gasteiger charge is -2.32. The molecule has 0 saturated carbocycles. The molecule has 34 heavy (non-hydrogen) atoms. The van der Waals surface area contributed by atoms with Crippen molar-refractivity contribution in [2.24, 2.45) is 0 Å². The molecule has 3 aromatic rings. The van der Waals surface area contributed by atoms with Gasteiger partial charge in [-0.2, -0.15) is 0 Å². The number of ether oxygens (including phenoxy) is 1. The Bertz CT molecular complexity index is 1170. The van der Waals surface area contributed by atoms with Gasteiger partial charge in [0.05, 0.1) is 24.4 Å². The van der Waals surface area contributed by atoms with Crippen LogP contribution in [0.5, 0.6) is 0 Å². The van der Waals surface area contributed by atoms with Crippen LogP contribution in [0.4, 0.5) is 10.6 Å². The van der Waals surface area contributed by atoms with Gasteiger partial charge >= 0.3 is 6.09 Å². The largest absolute Gasteiger partial charge is 0.447 e. The maximum atomic E-state index is 13.0. The molecule has 0 radical (unpaired) electrons. The van der Waals surface area contributed by atoms with Gasteiger partial charge in [-0.3, -0.25) is 9.47 Å². The zero-order chi connectivity index (χ0) is 23.8. The Morgan fingerprint density at radius 1 is 1.12 bits per heavy atom. The standard InChI is InChI=1S/C25H31N7O2/c1-16(2)34-25(33)31-14-20-13-17(3)5-6-21(20)32-23(18(31)4)28-29-24(32)19-8-11-30(12-9-19)22-7-10-26-15-27-22/h5-7,10,13,15-16,18-19H,8-9,11-12,14H2,1-4H3. The number of amides is 1. The molecule has 2 aliphatic rings. The molecule has 1 amide bonds. The molecule has 0 bridgehead atoms. The zero-order valence-electron chi connectivity index (χ0n) is 20.2. The first-order valence-electron chi connectivity index (χ1n) is 12.0. The lowest BCUT2D eigenvalue weighted by Crippen LogP contribution is -2.35. The SMILES string of the molecule is Cc1ccc2c(c1)CN(C(=O)OC(C)C)C(C)c1nnc(C3CCN(c4ccncn4)CC3)n1-2. The van der Waals surface area contributed by atoms with Gasteiger partial charge in [0, 0.05) is 25.2 Å². The van der Waals surface area contributed by atoms with Gasteiger partial charge in [-0.15, -0.1) is 10.2 Å². The fraction of sp³-hybridized carbons (Fsp3) is 0.480. The molecule has 0 aliphatic carbocycles. The molecular formula is C25H31N7O2. The maximum absolute atomic E-state index is 13.0. The van der Waals surface area contributed by atoms with E-state index in [4.69, 9.17) is 4.74 Å². The van der Waals surface area contributed by atoms with E-state index in [1.165, 1.54) is 0 Å². The minimum atomic E-state index is -0.328. The molecule has 0 N–H and O–H groups in total. The minimum Gasteiger partial charge on any atom is -0.447 e. The number of hydrogen-bond acceptors (Lipinski definition) is 7. The van der Waals surface area contributed by atoms with Gasteiger partial charge in [0.1, 0.15) is 18.0 Å². The van der Waals surface area contributed by atoms with Crippen molar-refractivity contribution in [3.05, 3.63) is 59.6 Å². The maximum Gasteiger partial charge on any atom is 0.410 e. The summed E-state index contributed by atoms with van der Waals surface area (Å²) in [4.78, 5) is 25.5. The number of carbonyl (C=O) groups excluding carboxylic acids is 1. The van der Waals surface area contributed by atoms with Crippen molar-refractivity contribution in [1.82, 2.24) is 29.6 Å². The Balaban J connectivity index is 1.49. The number of aromatic nitrogens is 5. The van der Waals surface area contributed by atoms with Gasteiger partial charge in [-0.05, 0) is 58.2 Å². The van der Waals surface area contributed by atoms with Crippen molar-refractivity contribution in [1.29, 1.82) is 0 Å². The number of benzene rings is 1. The van der Waals surface area contributed by atoms with Crippen molar-refractivity contribution < 1.29 is 9.53 Å². The predicted molar refractivity (Wildman–Crippen MR) is 128 cm³/mol. The van der Waals surface area contributed by atoms with E-state index in [0.717, 1.165) is 60.2 Å². The van der Waals surface area contributed by atoms with Crippen molar-refractivity contribution in [2.45, 2.75) is 65.1 Å². The van der Waals surface area contributed by atoms with Crippen molar-refractivity contribution in [3.63, 3.8) is 0 Å². The Morgan fingerprint density at radius 3 is 2.59 bits per heavy atom. The zero-order valence-corrected chi connectivity index (χ0v) is 20.2. The molecular weight excluding hydrogens is 430 g/mol. The normalized spacial score (nSPS) is 18.4. The monoisotopic (exact) mass is 461 g/mol. The third-order valence-electron chi connectivity index (χ3n) is 6.69. The molecule has 5 rings (SSSR count). The molecule has 9 heteroatoms. The van der Waals surface area contributed by atoms with Crippen LogP contribution in [0.25, 0.3) is 5.69 Å². The van der Waals surface area contributed by atoms with Crippen LogP contribution in [0.3, 0.4) is 0 Å². The number of aryl methyl sites for hydroxylation is 1. The molecule has 1 atom stereocenters. The number of nitrogens with zero attached hydrogens (tertiary/aromatic N) is 7. The van der Waals surface area contributed by atoms with Gasteiger partial charge in [-0.25, -0.2) is 14.8 Å². The second-order valence-electron chi connectivity index (χ2n) is 9.45. The molecule has 1 aromatic carbocycles. The van der Waals surface area contributed by atoms with Crippen molar-refractivity contribution in [2.75, 3.05) is 18.0 Å². The number of carbonyl (C=O) groups is 1. The first kappa shape index (κ1) is 22.3. The molecule has 2 aromatic heterocycles. The summed E-state index contributed by atoms with van der Waals surface area (Å²) in [6, 6.07) is 8.07. The predicted octanol–water partition coefficient (Wildman–Crippen LogP) is 4.17. The topological polar surface area (TPSA) is 89.3 Å². The number of fused-ring (bicyclic) bond motifs is 3. The molecule has 1 saturated heterocycles. The highest BCUT2D eigenvalue weighted by Gasteiger charge is 2.35. The van der Waals surface area contributed by atoms with E-state index in [-0.39, 0.29) is 24.2 Å². The van der Waals surface area contributed by atoms with Gasteiger partial charge in [0.25, 0.3) is 0 Å². The summed E-state index contributed by atoms with van der Waals surface area (Å²) in [5, 5.41) is 9.29. The Kier molecular flexibility index (Phi) is 5.93. The number of hydrogen-bond donors (Lipinski definition) is 0. The Morgan fingerprint density at radius 2 is 1.88 bits per heavy atom. The first-order valence-corrected chi connectivity index (χ1v) is 12.0. The number of anilines is 1. The summed E-state index contributed by atoms with van der Waals surface area (Å²) < 4.78 is 7.75. The lowest BCUT2D eigenvalue weighted by molar-refractivity contribution is 0.0618. The molecule has 0 spiro atoms. The average molecular weight is 462 g/mol. The molecule has 9 nitrogen and oxygen atoms in total. The summed E-state index contributed by atoms with van der Waals surface area (Å²) in [7, 11) is 0. The van der Waals surface area contributed by atoms with E-state index in [2.05, 4.69) is 54.8 Å². The van der Waals surface area contributed by atoms with Crippen LogP contribution >= 0.6 is 0 Å². The van der Waals surface area contributed by atoms with Gasteiger partial charge in [-0.1, -0.05) is 17.7 Å². The summed E-state index contributed by atoms with van der Waals surface area (Å²) in [5.41, 5.74) is 3.27. The molecule has 1 unspecified atom stereocenters. The summed E-state index contributed by atoms with van der Waals surface area (Å²) in [6.45, 7) is 10.1. The highest BCUT2D eigenvalue weighted by atomic mass is 16.6. The van der Waals surface area contributed by atoms with E-state index in [0.29, 0.717) is 6.54 Å². The van der Waals surface area contributed by atoms with Gasteiger partial charge in [0.2, 0.25) is 0 Å². The summed E-state index contributed by atoms with van der Waals surface area (Å²) in [6.07, 6.45) is 4.77. The highest BCUT2D eigenvalue weighted by molar-refractivity contribution is 5.69. The average Bonchev–Trinajstić information content (AvgIpc) is 3.22. The fourth-order valence-corrected chi connectivity index (χ4v) is 4.94. The number of piperidine rings is 1. The van der Waals surface area contributed by atoms with E-state index in [9.17, 15) is 4.79 Å². The Labute approximate surface area is 199 Å². The first-order chi connectivity index (χ1) is 16.4. The van der Waals surface area contributed by atoms with Crippen LogP contribution in [0.15, 0.2) is 36.8 Å². The van der Waals surface area contributed by atoms with E-state index in [1.54, 1.807) is 17.4 Å². The third-order valence-corrected chi connectivity index (χ3v) is 6.69. The highest BCUT2D eigenvalue weighted by Crippen LogP contribution is 2.37. The van der Waals surface area contributed by atoms with Crippen LogP contribution in [0.1, 0.15) is 68.3 Å². The summed E-state index contributed by atoms with van der Waals surface area (Å²) in [5.74, 6) is 2.97.